The first-order valence-electron chi connectivity index (χ1n) is 9.63. The third-order valence-corrected chi connectivity index (χ3v) is 5.20. The summed E-state index contributed by atoms with van der Waals surface area (Å²) in [6, 6.07) is 12.0. The van der Waals surface area contributed by atoms with Crippen molar-refractivity contribution in [3.63, 3.8) is 0 Å². The smallest absolute Gasteiger partial charge is 0.157 e. The summed E-state index contributed by atoms with van der Waals surface area (Å²) < 4.78 is 7.41. The standard InChI is InChI=1S/C22H25N5O/c1-3-11-28-20-9-5-4-7-18(20)15-26-10-6-8-17(14-26)19-13-21(23)27-22(24-19)12-16(2)25-27/h1,4-5,7,9,12-13,17H,6,8,10-11,14-15,23H2,2H3. The third-order valence-electron chi connectivity index (χ3n) is 5.20. The molecule has 0 radical (unpaired) electrons. The Bertz CT molecular complexity index is 1020. The fourth-order valence-electron chi connectivity index (χ4n) is 3.92. The minimum absolute atomic E-state index is 0.285. The number of aromatic nitrogens is 3. The quantitative estimate of drug-likeness (QED) is 0.694. The van der Waals surface area contributed by atoms with Crippen LogP contribution in [-0.2, 0) is 6.54 Å². The summed E-state index contributed by atoms with van der Waals surface area (Å²) in [5, 5.41) is 4.39. The van der Waals surface area contributed by atoms with Crippen molar-refractivity contribution in [3.8, 4) is 18.1 Å². The molecule has 6 heteroatoms. The van der Waals surface area contributed by atoms with E-state index in [1.807, 2.05) is 37.3 Å². The zero-order chi connectivity index (χ0) is 19.5. The van der Waals surface area contributed by atoms with Gasteiger partial charge < -0.3 is 10.5 Å². The molecule has 1 fully saturated rings. The highest BCUT2D eigenvalue weighted by molar-refractivity contribution is 5.48. The molecule has 0 saturated carbocycles. The number of para-hydroxylation sites is 1. The summed E-state index contributed by atoms with van der Waals surface area (Å²) in [5.41, 5.74) is 10.2. The summed E-state index contributed by atoms with van der Waals surface area (Å²) >= 11 is 0. The van der Waals surface area contributed by atoms with Gasteiger partial charge in [-0.2, -0.15) is 9.61 Å². The van der Waals surface area contributed by atoms with Crippen LogP contribution in [0.5, 0.6) is 5.75 Å². The number of terminal acetylenes is 1. The number of hydrogen-bond acceptors (Lipinski definition) is 5. The number of piperidine rings is 1. The molecule has 3 aromatic rings. The number of nitrogen functional groups attached to an aromatic ring is 1. The van der Waals surface area contributed by atoms with E-state index in [2.05, 4.69) is 22.0 Å². The monoisotopic (exact) mass is 375 g/mol. The van der Waals surface area contributed by atoms with Crippen molar-refractivity contribution in [2.75, 3.05) is 25.4 Å². The molecule has 0 bridgehead atoms. The maximum Gasteiger partial charge on any atom is 0.157 e. The van der Waals surface area contributed by atoms with Crippen LogP contribution in [0, 0.1) is 19.3 Å². The van der Waals surface area contributed by atoms with Gasteiger partial charge in [-0.05, 0) is 32.4 Å². The lowest BCUT2D eigenvalue weighted by molar-refractivity contribution is 0.196. The molecular weight excluding hydrogens is 350 g/mol. The van der Waals surface area contributed by atoms with Gasteiger partial charge >= 0.3 is 0 Å². The molecule has 3 heterocycles. The summed E-state index contributed by atoms with van der Waals surface area (Å²) in [5.74, 6) is 4.39. The average Bonchev–Trinajstić information content (AvgIpc) is 3.08. The molecule has 144 valence electrons. The van der Waals surface area contributed by atoms with Crippen LogP contribution >= 0.6 is 0 Å². The molecule has 2 aromatic heterocycles. The number of ether oxygens (including phenoxy) is 1. The van der Waals surface area contributed by atoms with E-state index >= 15 is 0 Å². The lowest BCUT2D eigenvalue weighted by Gasteiger charge is -2.33. The summed E-state index contributed by atoms with van der Waals surface area (Å²) in [6.45, 7) is 5.08. The molecule has 1 unspecified atom stereocenters. The Balaban J connectivity index is 1.52. The second-order valence-electron chi connectivity index (χ2n) is 7.34. The Morgan fingerprint density at radius 3 is 3.04 bits per heavy atom. The molecule has 2 N–H and O–H groups in total. The SMILES string of the molecule is C#CCOc1ccccc1CN1CCCC(c2cc(N)n3nc(C)cc3n2)C1. The zero-order valence-corrected chi connectivity index (χ0v) is 16.1. The van der Waals surface area contributed by atoms with E-state index in [-0.39, 0.29) is 6.61 Å². The van der Waals surface area contributed by atoms with Gasteiger partial charge in [0.1, 0.15) is 18.2 Å². The lowest BCUT2D eigenvalue weighted by atomic mass is 9.94. The molecule has 4 rings (SSSR count). The van der Waals surface area contributed by atoms with Crippen molar-refractivity contribution in [2.45, 2.75) is 32.2 Å². The normalized spacial score (nSPS) is 17.5. The van der Waals surface area contributed by atoms with E-state index < -0.39 is 0 Å². The van der Waals surface area contributed by atoms with E-state index in [0.717, 1.165) is 60.8 Å². The van der Waals surface area contributed by atoms with Gasteiger partial charge in [-0.3, -0.25) is 4.90 Å². The lowest BCUT2D eigenvalue weighted by Crippen LogP contribution is -2.34. The van der Waals surface area contributed by atoms with Crippen molar-refractivity contribution in [3.05, 3.63) is 53.3 Å². The largest absolute Gasteiger partial charge is 0.481 e. The number of nitrogens with zero attached hydrogens (tertiary/aromatic N) is 4. The molecule has 1 aliphatic rings. The minimum Gasteiger partial charge on any atom is -0.481 e. The Morgan fingerprint density at radius 2 is 2.18 bits per heavy atom. The molecule has 1 atom stereocenters. The summed E-state index contributed by atoms with van der Waals surface area (Å²) in [7, 11) is 0. The van der Waals surface area contributed by atoms with Crippen molar-refractivity contribution in [1.82, 2.24) is 19.5 Å². The van der Waals surface area contributed by atoms with E-state index in [1.165, 1.54) is 0 Å². The van der Waals surface area contributed by atoms with Gasteiger partial charge in [-0.1, -0.05) is 24.1 Å². The van der Waals surface area contributed by atoms with Crippen LogP contribution in [0.2, 0.25) is 0 Å². The van der Waals surface area contributed by atoms with Crippen molar-refractivity contribution in [1.29, 1.82) is 0 Å². The van der Waals surface area contributed by atoms with E-state index in [0.29, 0.717) is 11.7 Å². The van der Waals surface area contributed by atoms with Crippen LogP contribution in [0.3, 0.4) is 0 Å². The number of rotatable bonds is 5. The van der Waals surface area contributed by atoms with Crippen LogP contribution in [-0.4, -0.2) is 39.2 Å². The number of fused-ring (bicyclic) bond motifs is 1. The van der Waals surface area contributed by atoms with Gasteiger partial charge in [-0.25, -0.2) is 4.98 Å². The predicted molar refractivity (Wildman–Crippen MR) is 110 cm³/mol. The van der Waals surface area contributed by atoms with Gasteiger partial charge in [-0.15, -0.1) is 6.42 Å². The Hall–Kier alpha value is -3.04. The molecule has 0 aliphatic carbocycles. The van der Waals surface area contributed by atoms with Crippen molar-refractivity contribution in [2.24, 2.45) is 0 Å². The Kier molecular flexibility index (Phi) is 5.18. The van der Waals surface area contributed by atoms with Crippen LogP contribution in [0.4, 0.5) is 5.82 Å². The number of likely N-dealkylation sites (tertiary alicyclic amines) is 1. The highest BCUT2D eigenvalue weighted by Gasteiger charge is 2.24. The predicted octanol–water partition coefficient (Wildman–Crippen LogP) is 3.01. The second kappa shape index (κ2) is 7.91. The number of anilines is 1. The van der Waals surface area contributed by atoms with Gasteiger partial charge in [0, 0.05) is 36.7 Å². The first-order valence-corrected chi connectivity index (χ1v) is 9.63. The maximum atomic E-state index is 6.22. The van der Waals surface area contributed by atoms with Crippen molar-refractivity contribution < 1.29 is 4.74 Å². The fourth-order valence-corrected chi connectivity index (χ4v) is 3.92. The zero-order valence-electron chi connectivity index (χ0n) is 16.1. The van der Waals surface area contributed by atoms with E-state index in [1.54, 1.807) is 4.52 Å². The molecule has 1 aliphatic heterocycles. The van der Waals surface area contributed by atoms with Crippen LogP contribution in [0.25, 0.3) is 5.65 Å². The molecular formula is C22H25N5O. The first kappa shape index (κ1) is 18.3. The minimum atomic E-state index is 0.285. The third kappa shape index (κ3) is 3.80. The maximum absolute atomic E-state index is 6.22. The Labute approximate surface area is 165 Å². The van der Waals surface area contributed by atoms with Gasteiger partial charge in [0.2, 0.25) is 0 Å². The average molecular weight is 375 g/mol. The highest BCUT2D eigenvalue weighted by atomic mass is 16.5. The second-order valence-corrected chi connectivity index (χ2v) is 7.34. The van der Waals surface area contributed by atoms with E-state index in [9.17, 15) is 0 Å². The molecule has 1 aromatic carbocycles. The number of nitrogens with two attached hydrogens (primary N) is 1. The summed E-state index contributed by atoms with van der Waals surface area (Å²) in [6.07, 6.45) is 7.58. The first-order chi connectivity index (χ1) is 13.6. The molecule has 6 nitrogen and oxygen atoms in total. The van der Waals surface area contributed by atoms with Crippen LogP contribution < -0.4 is 10.5 Å². The number of benzene rings is 1. The Morgan fingerprint density at radius 1 is 1.32 bits per heavy atom. The fraction of sp³-hybridized carbons (Fsp3) is 0.364. The summed E-state index contributed by atoms with van der Waals surface area (Å²) in [4.78, 5) is 7.28. The van der Waals surface area contributed by atoms with Crippen molar-refractivity contribution >= 4 is 11.5 Å². The van der Waals surface area contributed by atoms with Gasteiger partial charge in [0.15, 0.2) is 5.65 Å². The molecule has 1 saturated heterocycles. The number of hydrogen-bond donors (Lipinski definition) is 1. The van der Waals surface area contributed by atoms with Crippen LogP contribution in [0.1, 0.15) is 35.7 Å². The topological polar surface area (TPSA) is 68.7 Å². The molecule has 0 amide bonds. The van der Waals surface area contributed by atoms with Gasteiger partial charge in [0.25, 0.3) is 0 Å². The molecule has 28 heavy (non-hydrogen) atoms. The van der Waals surface area contributed by atoms with E-state index in [4.69, 9.17) is 21.9 Å². The molecule has 0 spiro atoms. The van der Waals surface area contributed by atoms with Crippen LogP contribution in [0.15, 0.2) is 36.4 Å². The number of aryl methyl sites for hydroxylation is 1. The van der Waals surface area contributed by atoms with Gasteiger partial charge in [0.05, 0.1) is 11.4 Å². The highest BCUT2D eigenvalue weighted by Crippen LogP contribution is 2.29.